The fourth-order valence-electron chi connectivity index (χ4n) is 2.74. The molecule has 2 N–H and O–H groups in total. The highest BCUT2D eigenvalue weighted by atomic mass is 16.5. The minimum atomic E-state index is 0.611. The molecule has 5 heteroatoms. The summed E-state index contributed by atoms with van der Waals surface area (Å²) in [7, 11) is 1.71. The first-order chi connectivity index (χ1) is 13.3. The number of benzene rings is 2. The normalized spacial score (nSPS) is 10.6. The molecule has 0 aliphatic carbocycles. The van der Waals surface area contributed by atoms with Crippen molar-refractivity contribution in [2.75, 3.05) is 30.9 Å². The van der Waals surface area contributed by atoms with Gasteiger partial charge in [-0.1, -0.05) is 49.4 Å². The predicted octanol–water partition coefficient (Wildman–Crippen LogP) is 4.90. The van der Waals surface area contributed by atoms with Crippen molar-refractivity contribution in [3.05, 3.63) is 66.2 Å². The molecule has 1 heterocycles. The number of hydrogen-bond acceptors (Lipinski definition) is 5. The molecule has 3 aromatic rings. The number of nitrogens with zero attached hydrogens (tertiary/aromatic N) is 2. The van der Waals surface area contributed by atoms with Crippen LogP contribution in [-0.4, -0.2) is 30.2 Å². The molecule has 0 bridgehead atoms. The molecule has 5 nitrogen and oxygen atoms in total. The molecule has 0 saturated carbocycles. The third kappa shape index (κ3) is 5.53. The van der Waals surface area contributed by atoms with E-state index in [-0.39, 0.29) is 0 Å². The molecule has 0 unspecified atom stereocenters. The number of hydrogen-bond donors (Lipinski definition) is 2. The van der Waals surface area contributed by atoms with E-state index in [2.05, 4.69) is 63.9 Å². The molecule has 2 aromatic carbocycles. The highest BCUT2D eigenvalue weighted by molar-refractivity contribution is 5.67. The Morgan fingerprint density at radius 3 is 2.44 bits per heavy atom. The van der Waals surface area contributed by atoms with E-state index in [1.165, 1.54) is 5.56 Å². The second kappa shape index (κ2) is 9.69. The Morgan fingerprint density at radius 2 is 1.74 bits per heavy atom. The summed E-state index contributed by atoms with van der Waals surface area (Å²) in [6.45, 7) is 3.62. The standard InChI is InChI=1S/C22H26N4O/c1-3-17-10-12-19(13-11-17)24-21-16-20(18-8-5-4-6-9-18)25-22(26-21)23-14-7-15-27-2/h4-6,8-13,16H,3,7,14-15H2,1-2H3,(H2,23,24,25,26). The molecule has 0 amide bonds. The summed E-state index contributed by atoms with van der Waals surface area (Å²) in [6.07, 6.45) is 1.93. The first-order valence-electron chi connectivity index (χ1n) is 9.31. The van der Waals surface area contributed by atoms with Gasteiger partial charge in [0.05, 0.1) is 5.69 Å². The van der Waals surface area contributed by atoms with E-state index in [0.29, 0.717) is 12.6 Å². The quantitative estimate of drug-likeness (QED) is 0.530. The van der Waals surface area contributed by atoms with Gasteiger partial charge >= 0.3 is 0 Å². The lowest BCUT2D eigenvalue weighted by Crippen LogP contribution is -2.09. The van der Waals surface area contributed by atoms with E-state index in [1.54, 1.807) is 7.11 Å². The highest BCUT2D eigenvalue weighted by Crippen LogP contribution is 2.23. The van der Waals surface area contributed by atoms with Crippen LogP contribution in [0, 0.1) is 0 Å². The molecule has 0 aliphatic rings. The Labute approximate surface area is 160 Å². The first kappa shape index (κ1) is 18.9. The van der Waals surface area contributed by atoms with Gasteiger partial charge in [0.1, 0.15) is 5.82 Å². The second-order valence-electron chi connectivity index (χ2n) is 6.28. The van der Waals surface area contributed by atoms with Gasteiger partial charge in [0.15, 0.2) is 0 Å². The molecule has 140 valence electrons. The summed E-state index contributed by atoms with van der Waals surface area (Å²) >= 11 is 0. The van der Waals surface area contributed by atoms with Gasteiger partial charge in [-0.05, 0) is 30.5 Å². The Morgan fingerprint density at radius 1 is 0.963 bits per heavy atom. The molecular weight excluding hydrogens is 336 g/mol. The smallest absolute Gasteiger partial charge is 0.225 e. The number of aromatic nitrogens is 2. The van der Waals surface area contributed by atoms with Crippen molar-refractivity contribution in [2.24, 2.45) is 0 Å². The van der Waals surface area contributed by atoms with Crippen LogP contribution in [0.1, 0.15) is 18.9 Å². The van der Waals surface area contributed by atoms with Gasteiger partial charge in [0.2, 0.25) is 5.95 Å². The van der Waals surface area contributed by atoms with Gasteiger partial charge in [-0.3, -0.25) is 0 Å². The van der Waals surface area contributed by atoms with Gasteiger partial charge in [-0.25, -0.2) is 4.98 Å². The summed E-state index contributed by atoms with van der Waals surface area (Å²) in [4.78, 5) is 9.29. The third-order valence-corrected chi connectivity index (χ3v) is 4.24. The predicted molar refractivity (Wildman–Crippen MR) is 112 cm³/mol. The van der Waals surface area contributed by atoms with Crippen LogP contribution >= 0.6 is 0 Å². The topological polar surface area (TPSA) is 59.1 Å². The van der Waals surface area contributed by atoms with Gasteiger partial charge in [-0.2, -0.15) is 4.98 Å². The van der Waals surface area contributed by atoms with E-state index in [9.17, 15) is 0 Å². The van der Waals surface area contributed by atoms with E-state index < -0.39 is 0 Å². The Hall–Kier alpha value is -2.92. The zero-order chi connectivity index (χ0) is 18.9. The summed E-state index contributed by atoms with van der Waals surface area (Å²) in [5.41, 5.74) is 4.26. The van der Waals surface area contributed by atoms with Crippen LogP contribution in [0.5, 0.6) is 0 Å². The van der Waals surface area contributed by atoms with Gasteiger partial charge < -0.3 is 15.4 Å². The van der Waals surface area contributed by atoms with Gasteiger partial charge in [0.25, 0.3) is 0 Å². The molecule has 0 spiro atoms. The number of nitrogens with one attached hydrogen (secondary N) is 2. The number of ether oxygens (including phenoxy) is 1. The van der Waals surface area contributed by atoms with Gasteiger partial charge in [-0.15, -0.1) is 0 Å². The van der Waals surface area contributed by atoms with Crippen LogP contribution in [0.15, 0.2) is 60.7 Å². The van der Waals surface area contributed by atoms with Crippen LogP contribution in [0.25, 0.3) is 11.3 Å². The van der Waals surface area contributed by atoms with Crippen LogP contribution in [0.2, 0.25) is 0 Å². The van der Waals surface area contributed by atoms with Crippen molar-refractivity contribution >= 4 is 17.5 Å². The van der Waals surface area contributed by atoms with E-state index in [4.69, 9.17) is 4.74 Å². The van der Waals surface area contributed by atoms with Crippen molar-refractivity contribution in [2.45, 2.75) is 19.8 Å². The van der Waals surface area contributed by atoms with Crippen LogP contribution in [-0.2, 0) is 11.2 Å². The third-order valence-electron chi connectivity index (χ3n) is 4.24. The number of rotatable bonds is 9. The van der Waals surface area contributed by atoms with E-state index in [0.717, 1.165) is 42.1 Å². The van der Waals surface area contributed by atoms with Crippen molar-refractivity contribution in [1.29, 1.82) is 0 Å². The molecule has 0 atom stereocenters. The van der Waals surface area contributed by atoms with Crippen molar-refractivity contribution < 1.29 is 4.74 Å². The van der Waals surface area contributed by atoms with Gasteiger partial charge in [0, 0.05) is 37.6 Å². The molecule has 1 aromatic heterocycles. The maximum absolute atomic E-state index is 5.10. The van der Waals surface area contributed by atoms with E-state index in [1.807, 2.05) is 24.3 Å². The highest BCUT2D eigenvalue weighted by Gasteiger charge is 2.07. The Bertz CT molecular complexity index is 835. The lowest BCUT2D eigenvalue weighted by atomic mass is 10.1. The molecule has 3 rings (SSSR count). The number of methoxy groups -OCH3 is 1. The fraction of sp³-hybridized carbons (Fsp3) is 0.273. The zero-order valence-electron chi connectivity index (χ0n) is 15.9. The number of anilines is 3. The molecule has 0 saturated heterocycles. The minimum absolute atomic E-state index is 0.611. The zero-order valence-corrected chi connectivity index (χ0v) is 15.9. The first-order valence-corrected chi connectivity index (χ1v) is 9.31. The second-order valence-corrected chi connectivity index (χ2v) is 6.28. The lowest BCUT2D eigenvalue weighted by Gasteiger charge is -2.12. The Kier molecular flexibility index (Phi) is 6.77. The SMILES string of the molecule is CCc1ccc(Nc2cc(-c3ccccc3)nc(NCCCOC)n2)cc1. The summed E-state index contributed by atoms with van der Waals surface area (Å²) in [5.74, 6) is 1.38. The van der Waals surface area contributed by atoms with Crippen LogP contribution in [0.3, 0.4) is 0 Å². The molecule has 0 aliphatic heterocycles. The largest absolute Gasteiger partial charge is 0.385 e. The summed E-state index contributed by atoms with van der Waals surface area (Å²) in [5, 5.41) is 6.68. The molecule has 0 radical (unpaired) electrons. The van der Waals surface area contributed by atoms with Crippen LogP contribution in [0.4, 0.5) is 17.5 Å². The maximum atomic E-state index is 5.10. The van der Waals surface area contributed by atoms with Crippen molar-refractivity contribution in [3.8, 4) is 11.3 Å². The average molecular weight is 362 g/mol. The van der Waals surface area contributed by atoms with Crippen molar-refractivity contribution in [3.63, 3.8) is 0 Å². The fourth-order valence-corrected chi connectivity index (χ4v) is 2.74. The molecule has 0 fully saturated rings. The Balaban J connectivity index is 1.84. The minimum Gasteiger partial charge on any atom is -0.385 e. The van der Waals surface area contributed by atoms with E-state index >= 15 is 0 Å². The number of aryl methyl sites for hydroxylation is 1. The maximum Gasteiger partial charge on any atom is 0.225 e. The average Bonchev–Trinajstić information content (AvgIpc) is 2.72. The lowest BCUT2D eigenvalue weighted by molar-refractivity contribution is 0.197. The molecular formula is C22H26N4O. The summed E-state index contributed by atoms with van der Waals surface area (Å²) < 4.78 is 5.10. The molecule has 27 heavy (non-hydrogen) atoms. The summed E-state index contributed by atoms with van der Waals surface area (Å²) in [6, 6.07) is 20.5. The van der Waals surface area contributed by atoms with Crippen molar-refractivity contribution in [1.82, 2.24) is 9.97 Å². The monoisotopic (exact) mass is 362 g/mol. The van der Waals surface area contributed by atoms with Crippen LogP contribution < -0.4 is 10.6 Å².